The number of fused-ring (bicyclic) bond motifs is 2. The molecule has 0 bridgehead atoms. The van der Waals surface area contributed by atoms with Crippen molar-refractivity contribution in [3.8, 4) is 5.75 Å². The number of amides is 2. The van der Waals surface area contributed by atoms with Crippen LogP contribution in [0.25, 0.3) is 10.9 Å². The quantitative estimate of drug-likeness (QED) is 0.0806. The van der Waals surface area contributed by atoms with E-state index in [1.165, 1.54) is 18.5 Å². The summed E-state index contributed by atoms with van der Waals surface area (Å²) in [7, 11) is -3.82. The maximum Gasteiger partial charge on any atom is 0.257 e. The lowest BCUT2D eigenvalue weighted by Crippen LogP contribution is -2.63. The van der Waals surface area contributed by atoms with Crippen LogP contribution in [0.3, 0.4) is 0 Å². The van der Waals surface area contributed by atoms with Gasteiger partial charge in [0.05, 0.1) is 40.4 Å². The van der Waals surface area contributed by atoms with Crippen LogP contribution < -0.4 is 25.2 Å². The van der Waals surface area contributed by atoms with Crippen molar-refractivity contribution in [1.29, 1.82) is 0 Å². The number of hydrogen-bond donors (Lipinski definition) is 3. The molecule has 6 aromatic rings. The van der Waals surface area contributed by atoms with Gasteiger partial charge in [0.2, 0.25) is 11.9 Å². The molecule has 3 saturated heterocycles. The summed E-state index contributed by atoms with van der Waals surface area (Å²) in [5.41, 5.74) is 6.31. The van der Waals surface area contributed by atoms with Crippen LogP contribution in [0.4, 0.5) is 27.7 Å². The van der Waals surface area contributed by atoms with Crippen LogP contribution in [-0.2, 0) is 26.5 Å². The topological polar surface area (TPSA) is 211 Å². The second-order valence-electron chi connectivity index (χ2n) is 24.2. The molecule has 426 valence electrons. The third-order valence-corrected chi connectivity index (χ3v) is 19.2. The number of nitrogens with one attached hydrogen (secondary N) is 3. The van der Waals surface area contributed by atoms with E-state index in [1.54, 1.807) is 57.4 Å². The van der Waals surface area contributed by atoms with Crippen molar-refractivity contribution in [1.82, 2.24) is 55.1 Å². The molecule has 3 N–H and O–H groups in total. The minimum atomic E-state index is -3.82. The Balaban J connectivity index is 0.692. The Bertz CT molecular complexity index is 3330. The molecule has 0 spiro atoms. The highest BCUT2D eigenvalue weighted by molar-refractivity contribution is 7.92. The van der Waals surface area contributed by atoms with Gasteiger partial charge in [-0.3, -0.25) is 29.5 Å². The monoisotopic (exact) mass is 1110 g/mol. The Morgan fingerprint density at radius 2 is 1.64 bits per heavy atom. The Morgan fingerprint density at radius 3 is 2.34 bits per heavy atom. The number of ether oxygens (including phenoxy) is 1. The van der Waals surface area contributed by atoms with Gasteiger partial charge >= 0.3 is 0 Å². The smallest absolute Gasteiger partial charge is 0.257 e. The molecule has 2 amide bonds. The number of piperazine rings is 2. The van der Waals surface area contributed by atoms with Crippen molar-refractivity contribution in [3.63, 3.8) is 0 Å². The summed E-state index contributed by atoms with van der Waals surface area (Å²) in [4.78, 5) is 62.3. The number of rotatable bonds is 16. The number of aromatic amines is 1. The van der Waals surface area contributed by atoms with Crippen LogP contribution >= 0.6 is 0 Å². The van der Waals surface area contributed by atoms with Crippen LogP contribution in [0.2, 0.25) is 0 Å². The number of pyridine rings is 1. The van der Waals surface area contributed by atoms with Gasteiger partial charge in [-0.2, -0.15) is 5.10 Å². The summed E-state index contributed by atoms with van der Waals surface area (Å²) in [5, 5.41) is 14.8. The van der Waals surface area contributed by atoms with Gasteiger partial charge in [0.25, 0.3) is 5.91 Å². The number of nitrogens with zero attached hydrogens (tertiary/aromatic N) is 11. The largest absolute Gasteiger partial charge is 0.492 e. The molecule has 4 aliphatic heterocycles. The Kier molecular flexibility index (Phi) is 16.3. The summed E-state index contributed by atoms with van der Waals surface area (Å²) in [6.45, 7) is 24.4. The first-order valence-corrected chi connectivity index (χ1v) is 29.7. The SMILES string of the molecule is Cc1[nH]nc(Nc2ncnc3cc(OCCCC4CCN(c5ncc(C(=O)N6CCN(C[C@H]7CN[C@H](C)CN7CC(=O)N7CC(C)(C)c8ncc(Cc9ccc(F)cc9)cc87)C(C)C6)cn5)CC4)c(S(=O)(=O)C(C)(C)C)cc23)c1C. The number of hydrogen-bond acceptors (Lipinski definition) is 16. The van der Waals surface area contributed by atoms with Crippen LogP contribution in [0.5, 0.6) is 5.75 Å². The zero-order valence-corrected chi connectivity index (χ0v) is 48.5. The van der Waals surface area contributed by atoms with E-state index in [9.17, 15) is 22.4 Å². The van der Waals surface area contributed by atoms with Crippen LogP contribution in [0.1, 0.15) is 113 Å². The number of anilines is 4. The normalized spacial score (nSPS) is 20.3. The molecule has 80 heavy (non-hydrogen) atoms. The van der Waals surface area contributed by atoms with E-state index in [-0.39, 0.29) is 51.8 Å². The molecule has 1 unspecified atom stereocenters. The summed E-state index contributed by atoms with van der Waals surface area (Å²) in [6, 6.07) is 12.3. The van der Waals surface area contributed by atoms with E-state index in [0.717, 1.165) is 92.2 Å². The molecular formula is C59H77FN14O5S. The second-order valence-corrected chi connectivity index (χ2v) is 26.8. The predicted molar refractivity (Wildman–Crippen MR) is 308 cm³/mol. The third-order valence-electron chi connectivity index (χ3n) is 16.7. The van der Waals surface area contributed by atoms with Gasteiger partial charge in [-0.25, -0.2) is 32.7 Å². The molecule has 0 saturated carbocycles. The highest BCUT2D eigenvalue weighted by Gasteiger charge is 2.42. The Morgan fingerprint density at radius 1 is 0.887 bits per heavy atom. The number of carbonyl (C=O) groups is 2. The molecular weight excluding hydrogens is 1040 g/mol. The first-order valence-electron chi connectivity index (χ1n) is 28.2. The number of sulfone groups is 1. The first kappa shape index (κ1) is 56.6. The van der Waals surface area contributed by atoms with Gasteiger partial charge < -0.3 is 30.1 Å². The summed E-state index contributed by atoms with van der Waals surface area (Å²) >= 11 is 0. The fourth-order valence-electron chi connectivity index (χ4n) is 11.6. The molecule has 4 aliphatic rings. The van der Waals surface area contributed by atoms with Crippen molar-refractivity contribution in [2.75, 3.05) is 87.2 Å². The van der Waals surface area contributed by atoms with Crippen molar-refractivity contribution in [2.24, 2.45) is 5.92 Å². The van der Waals surface area contributed by atoms with Gasteiger partial charge in [-0.05, 0) is 122 Å². The van der Waals surface area contributed by atoms with E-state index in [4.69, 9.17) is 9.72 Å². The van der Waals surface area contributed by atoms with Gasteiger partial charge in [-0.15, -0.1) is 0 Å². The van der Waals surface area contributed by atoms with E-state index in [1.807, 2.05) is 29.8 Å². The first-order chi connectivity index (χ1) is 38.1. The van der Waals surface area contributed by atoms with Crippen LogP contribution in [0, 0.1) is 25.6 Å². The minimum Gasteiger partial charge on any atom is -0.492 e. The fraction of sp³-hybridized carbons (Fsp3) is 0.525. The zero-order chi connectivity index (χ0) is 56.7. The van der Waals surface area contributed by atoms with Crippen molar-refractivity contribution in [3.05, 3.63) is 107 Å². The molecule has 3 atom stereocenters. The maximum absolute atomic E-state index is 14.4. The number of benzene rings is 2. The molecule has 10 rings (SSSR count). The predicted octanol–water partition coefficient (Wildman–Crippen LogP) is 7.41. The van der Waals surface area contributed by atoms with E-state index >= 15 is 0 Å². The number of halogens is 1. The number of H-pyrrole nitrogens is 1. The number of carbonyl (C=O) groups excluding carboxylic acids is 2. The third kappa shape index (κ3) is 12.2. The molecule has 3 fully saturated rings. The highest BCUT2D eigenvalue weighted by atomic mass is 32.2. The zero-order valence-electron chi connectivity index (χ0n) is 47.7. The molecule has 0 radical (unpaired) electrons. The highest BCUT2D eigenvalue weighted by Crippen LogP contribution is 2.41. The number of aryl methyl sites for hydroxylation is 1. The molecule has 19 nitrogen and oxygen atoms in total. The fourth-order valence-corrected chi connectivity index (χ4v) is 12.9. The molecule has 4 aromatic heterocycles. The van der Waals surface area contributed by atoms with Gasteiger partial charge in [0.1, 0.15) is 28.6 Å². The standard InChI is InChI=1S/C59H77FN14O5S/c1-37-31-73(34-52(75)74-35-59(8,9)53-49(74)24-43(27-62-53)23-42-12-14-45(60)15-13-42)46(30-61-37)33-71-20-21-72(32-38(71)2)56(76)44-28-63-57(64-29-44)70-18-16-41(17-19-70)11-10-22-79-50-26-48-47(25-51(50)80(77,78)58(5,6)7)55(66-36-65-48)67-54-39(3)40(4)68-69-54/h12-15,24-29,36-38,41,46,61H,10-11,16-23,30-35H2,1-9H3,(H2,65,66,67,68,69)/t37-,38?,46-/m1/s1. The Labute approximate surface area is 469 Å². The summed E-state index contributed by atoms with van der Waals surface area (Å²) < 4.78 is 46.9. The van der Waals surface area contributed by atoms with Crippen molar-refractivity contribution >= 4 is 55.8 Å². The van der Waals surface area contributed by atoms with Gasteiger partial charge in [0.15, 0.2) is 15.7 Å². The average Bonchev–Trinajstić information content (AvgIpc) is 3.98. The van der Waals surface area contributed by atoms with Crippen LogP contribution in [-0.4, -0.2) is 165 Å². The van der Waals surface area contributed by atoms with Crippen molar-refractivity contribution in [2.45, 2.75) is 128 Å². The Hall–Kier alpha value is -6.68. The van der Waals surface area contributed by atoms with Crippen LogP contribution in [0.15, 0.2) is 72.3 Å². The molecule has 8 heterocycles. The van der Waals surface area contributed by atoms with Crippen molar-refractivity contribution < 1.29 is 27.1 Å². The lowest BCUT2D eigenvalue weighted by molar-refractivity contribution is -0.121. The molecule has 0 aliphatic carbocycles. The molecule has 2 aromatic carbocycles. The van der Waals surface area contributed by atoms with Gasteiger partial charge in [0, 0.05) is 124 Å². The minimum absolute atomic E-state index is 0.0554. The number of aromatic nitrogens is 7. The lowest BCUT2D eigenvalue weighted by atomic mass is 9.91. The second kappa shape index (κ2) is 23.1. The summed E-state index contributed by atoms with van der Waals surface area (Å²) in [6.07, 6.45) is 10.8. The average molecular weight is 1110 g/mol. The maximum atomic E-state index is 14.4. The number of piperidine rings is 1. The van der Waals surface area contributed by atoms with Gasteiger partial charge in [-0.1, -0.05) is 26.0 Å². The molecule has 21 heteroatoms. The van der Waals surface area contributed by atoms with E-state index in [0.29, 0.717) is 85.7 Å². The lowest BCUT2D eigenvalue weighted by Gasteiger charge is -2.45. The van der Waals surface area contributed by atoms with E-state index < -0.39 is 14.6 Å². The van der Waals surface area contributed by atoms with E-state index in [2.05, 4.69) is 89.2 Å². The summed E-state index contributed by atoms with van der Waals surface area (Å²) in [5.74, 6) is 2.11.